The Bertz CT molecular complexity index is 920. The smallest absolute Gasteiger partial charge is 0.214 e. The van der Waals surface area contributed by atoms with Crippen LogP contribution in [0.15, 0.2) is 48.5 Å². The highest BCUT2D eigenvalue weighted by Crippen LogP contribution is 2.36. The van der Waals surface area contributed by atoms with Gasteiger partial charge in [-0.05, 0) is 66.8 Å². The van der Waals surface area contributed by atoms with Gasteiger partial charge < -0.3 is 4.74 Å². The van der Waals surface area contributed by atoms with Gasteiger partial charge >= 0.3 is 0 Å². The van der Waals surface area contributed by atoms with Gasteiger partial charge in [0.25, 0.3) is 0 Å². The third-order valence-corrected chi connectivity index (χ3v) is 8.15. The highest BCUT2D eigenvalue weighted by atomic mass is 32.2. The molecule has 1 atom stereocenters. The van der Waals surface area contributed by atoms with Crippen LogP contribution in [0.25, 0.3) is 0 Å². The topological polar surface area (TPSA) is 46.6 Å². The first-order chi connectivity index (χ1) is 14.0. The fourth-order valence-corrected chi connectivity index (χ4v) is 6.18. The molecule has 1 fully saturated rings. The molecule has 29 heavy (non-hydrogen) atoms. The monoisotopic (exact) mass is 413 g/mol. The molecule has 1 aliphatic carbocycles. The summed E-state index contributed by atoms with van der Waals surface area (Å²) in [6.07, 6.45) is 5.35. The molecule has 0 N–H and O–H groups in total. The zero-order valence-corrected chi connectivity index (χ0v) is 18.0. The molecule has 0 bridgehead atoms. The van der Waals surface area contributed by atoms with Crippen LogP contribution in [0.5, 0.6) is 5.75 Å². The number of nitrogens with zero attached hydrogens (tertiary/aromatic N) is 1. The number of ether oxygens (including phenoxy) is 1. The van der Waals surface area contributed by atoms with Gasteiger partial charge in [-0.25, -0.2) is 12.7 Å². The average molecular weight is 414 g/mol. The van der Waals surface area contributed by atoms with E-state index in [1.165, 1.54) is 29.5 Å². The van der Waals surface area contributed by atoms with E-state index in [0.29, 0.717) is 32.0 Å². The first kappa shape index (κ1) is 20.4. The van der Waals surface area contributed by atoms with E-state index in [1.807, 2.05) is 6.92 Å². The molecule has 4 rings (SSSR count). The summed E-state index contributed by atoms with van der Waals surface area (Å²) in [7, 11) is -3.06. The molecule has 4 nitrogen and oxygen atoms in total. The van der Waals surface area contributed by atoms with Gasteiger partial charge in [0.2, 0.25) is 10.0 Å². The molecule has 2 aromatic rings. The molecule has 1 heterocycles. The molecule has 0 radical (unpaired) electrons. The van der Waals surface area contributed by atoms with Gasteiger partial charge in [0, 0.05) is 19.0 Å². The molecule has 156 valence electrons. The highest BCUT2D eigenvalue weighted by molar-refractivity contribution is 7.89. The fraction of sp³-hybridized carbons (Fsp3) is 0.500. The molecule has 2 aliphatic rings. The van der Waals surface area contributed by atoms with Crippen LogP contribution in [-0.2, 0) is 22.9 Å². The van der Waals surface area contributed by atoms with E-state index in [4.69, 9.17) is 4.74 Å². The normalized spacial score (nSPS) is 20.1. The number of benzene rings is 2. The van der Waals surface area contributed by atoms with Crippen LogP contribution in [-0.4, -0.2) is 38.2 Å². The van der Waals surface area contributed by atoms with Crippen LogP contribution in [0, 0.1) is 5.92 Å². The number of rotatable bonds is 8. The van der Waals surface area contributed by atoms with Gasteiger partial charge in [-0.3, -0.25) is 0 Å². The van der Waals surface area contributed by atoms with Crippen LogP contribution >= 0.6 is 0 Å². The Morgan fingerprint density at radius 3 is 2.66 bits per heavy atom. The van der Waals surface area contributed by atoms with Crippen molar-refractivity contribution in [3.63, 3.8) is 0 Å². The lowest BCUT2D eigenvalue weighted by molar-refractivity contribution is 0.129. The summed E-state index contributed by atoms with van der Waals surface area (Å²) in [5, 5.41) is 0. The van der Waals surface area contributed by atoms with Crippen molar-refractivity contribution in [2.45, 2.75) is 44.9 Å². The number of hydrogen-bond donors (Lipinski definition) is 0. The molecule has 1 aliphatic heterocycles. The summed E-state index contributed by atoms with van der Waals surface area (Å²) in [5.41, 5.74) is 4.27. The third-order valence-electron chi connectivity index (χ3n) is 6.15. The number of fused-ring (bicyclic) bond motifs is 1. The summed E-state index contributed by atoms with van der Waals surface area (Å²) in [6.45, 7) is 3.66. The van der Waals surface area contributed by atoms with Crippen molar-refractivity contribution in [1.29, 1.82) is 0 Å². The number of aryl methyl sites for hydroxylation is 1. The van der Waals surface area contributed by atoms with Crippen LogP contribution in [0.1, 0.15) is 48.8 Å². The second-order valence-electron chi connectivity index (χ2n) is 8.45. The number of sulfonamides is 1. The van der Waals surface area contributed by atoms with Gasteiger partial charge in [-0.1, -0.05) is 43.3 Å². The standard InChI is InChI=1S/C24H31NO3S/c1-2-13-29(26,27)25-16-20(17-25)18-28-23-12-11-21-9-6-10-22(24(21)15-23)14-19-7-4-3-5-8-19/h3-5,7-8,11-12,15,20,22H,2,6,9-10,13-14,16-18H2,1H3. The van der Waals surface area contributed by atoms with Crippen molar-refractivity contribution in [3.8, 4) is 5.75 Å². The Kier molecular flexibility index (Phi) is 6.26. The maximum atomic E-state index is 12.1. The van der Waals surface area contributed by atoms with E-state index < -0.39 is 10.0 Å². The molecular weight excluding hydrogens is 382 g/mol. The van der Waals surface area contributed by atoms with E-state index in [-0.39, 0.29) is 11.7 Å². The maximum Gasteiger partial charge on any atom is 0.214 e. The van der Waals surface area contributed by atoms with Crippen molar-refractivity contribution in [2.24, 2.45) is 5.92 Å². The second-order valence-corrected chi connectivity index (χ2v) is 10.5. The Morgan fingerprint density at radius 2 is 1.90 bits per heavy atom. The summed E-state index contributed by atoms with van der Waals surface area (Å²) < 4.78 is 31.8. The Labute approximate surface area is 174 Å². The first-order valence-electron chi connectivity index (χ1n) is 10.8. The Morgan fingerprint density at radius 1 is 1.10 bits per heavy atom. The molecular formula is C24H31NO3S. The molecule has 2 aromatic carbocycles. The van der Waals surface area contributed by atoms with Crippen LogP contribution in [0.4, 0.5) is 0 Å². The van der Waals surface area contributed by atoms with Crippen molar-refractivity contribution in [1.82, 2.24) is 4.31 Å². The predicted molar refractivity (Wildman–Crippen MR) is 117 cm³/mol. The lowest BCUT2D eigenvalue weighted by atomic mass is 9.79. The fourth-order valence-electron chi connectivity index (χ4n) is 4.53. The van der Waals surface area contributed by atoms with E-state index in [1.54, 1.807) is 4.31 Å². The zero-order valence-electron chi connectivity index (χ0n) is 17.2. The molecule has 1 saturated heterocycles. The minimum Gasteiger partial charge on any atom is -0.493 e. The SMILES string of the molecule is CCCS(=O)(=O)N1CC(COc2ccc3c(c2)C(Cc2ccccc2)CCC3)C1. The number of hydrogen-bond acceptors (Lipinski definition) is 3. The summed E-state index contributed by atoms with van der Waals surface area (Å²) in [6, 6.07) is 17.2. The quantitative estimate of drug-likeness (QED) is 0.644. The molecule has 5 heteroatoms. The van der Waals surface area contributed by atoms with Crippen LogP contribution in [0.3, 0.4) is 0 Å². The summed E-state index contributed by atoms with van der Waals surface area (Å²) in [4.78, 5) is 0. The molecule has 0 amide bonds. The van der Waals surface area contributed by atoms with Crippen LogP contribution in [0.2, 0.25) is 0 Å². The average Bonchev–Trinajstić information content (AvgIpc) is 2.68. The van der Waals surface area contributed by atoms with Crippen LogP contribution < -0.4 is 4.74 Å². The minimum atomic E-state index is -3.06. The Hall–Kier alpha value is -1.85. The maximum absolute atomic E-state index is 12.1. The molecule has 0 aromatic heterocycles. The molecule has 1 unspecified atom stereocenters. The van der Waals surface area contributed by atoms with E-state index >= 15 is 0 Å². The van der Waals surface area contributed by atoms with Gasteiger partial charge in [0.1, 0.15) is 5.75 Å². The molecule has 0 spiro atoms. The van der Waals surface area contributed by atoms with Crippen molar-refractivity contribution in [2.75, 3.05) is 25.4 Å². The van der Waals surface area contributed by atoms with Crippen molar-refractivity contribution < 1.29 is 13.2 Å². The zero-order chi connectivity index (χ0) is 20.3. The van der Waals surface area contributed by atoms with Crippen molar-refractivity contribution >= 4 is 10.0 Å². The van der Waals surface area contributed by atoms with E-state index in [2.05, 4.69) is 48.5 Å². The first-order valence-corrected chi connectivity index (χ1v) is 12.4. The summed E-state index contributed by atoms with van der Waals surface area (Å²) >= 11 is 0. The largest absolute Gasteiger partial charge is 0.493 e. The van der Waals surface area contributed by atoms with Gasteiger partial charge in [-0.15, -0.1) is 0 Å². The highest BCUT2D eigenvalue weighted by Gasteiger charge is 2.35. The van der Waals surface area contributed by atoms with E-state index in [9.17, 15) is 8.42 Å². The molecule has 0 saturated carbocycles. The van der Waals surface area contributed by atoms with Gasteiger partial charge in [0.15, 0.2) is 0 Å². The minimum absolute atomic E-state index is 0.244. The Balaban J connectivity index is 1.36. The van der Waals surface area contributed by atoms with Gasteiger partial charge in [0.05, 0.1) is 12.4 Å². The lowest BCUT2D eigenvalue weighted by Crippen LogP contribution is -2.52. The van der Waals surface area contributed by atoms with Gasteiger partial charge in [-0.2, -0.15) is 0 Å². The predicted octanol–water partition coefficient (Wildman–Crippen LogP) is 4.40. The lowest BCUT2D eigenvalue weighted by Gasteiger charge is -2.37. The summed E-state index contributed by atoms with van der Waals surface area (Å²) in [5.74, 6) is 1.99. The van der Waals surface area contributed by atoms with E-state index in [0.717, 1.165) is 18.6 Å². The third kappa shape index (κ3) is 4.84. The second kappa shape index (κ2) is 8.88. The van der Waals surface area contributed by atoms with Crippen molar-refractivity contribution in [3.05, 3.63) is 65.2 Å².